The third-order valence-corrected chi connectivity index (χ3v) is 1.29. The summed E-state index contributed by atoms with van der Waals surface area (Å²) < 4.78 is 5.33. The molecule has 60 valence electrons. The number of nitrogens with zero attached hydrogens (tertiary/aromatic N) is 2. The zero-order valence-electron chi connectivity index (χ0n) is 6.37. The van der Waals surface area contributed by atoms with Gasteiger partial charge in [-0.2, -0.15) is 0 Å². The lowest BCUT2D eigenvalue weighted by molar-refractivity contribution is -0.599. The highest BCUT2D eigenvalue weighted by molar-refractivity contribution is 5.18. The molecule has 0 atom stereocenters. The molecule has 0 aliphatic carbocycles. The van der Waals surface area contributed by atoms with Crippen molar-refractivity contribution in [2.24, 2.45) is 0 Å². The van der Waals surface area contributed by atoms with E-state index in [1.807, 2.05) is 0 Å². The van der Waals surface area contributed by atoms with E-state index < -0.39 is 0 Å². The molecule has 0 aromatic carbocycles. The van der Waals surface area contributed by atoms with E-state index in [1.165, 1.54) is 13.2 Å². The van der Waals surface area contributed by atoms with E-state index >= 15 is 0 Å². The molecule has 0 unspecified atom stereocenters. The number of methoxy groups -OCH3 is 1. The van der Waals surface area contributed by atoms with Crippen LogP contribution in [0.25, 0.3) is 0 Å². The van der Waals surface area contributed by atoms with E-state index in [1.54, 1.807) is 6.92 Å². The number of rotatable bonds is 1. The molecule has 1 aromatic heterocycles. The third-order valence-electron chi connectivity index (χ3n) is 1.29. The number of hydrogen-bond donors (Lipinski definition) is 1. The summed E-state index contributed by atoms with van der Waals surface area (Å²) in [6.45, 7) is 1.63. The van der Waals surface area contributed by atoms with Crippen LogP contribution in [-0.4, -0.2) is 12.1 Å². The van der Waals surface area contributed by atoms with Gasteiger partial charge in [0.2, 0.25) is 0 Å². The molecule has 5 heteroatoms. The molecule has 5 nitrogen and oxygen atoms in total. The van der Waals surface area contributed by atoms with Gasteiger partial charge in [-0.3, -0.25) is 5.73 Å². The smallest absolute Gasteiger partial charge is 0.393 e. The highest BCUT2D eigenvalue weighted by Gasteiger charge is 2.06. The van der Waals surface area contributed by atoms with Gasteiger partial charge in [0.25, 0.3) is 5.88 Å². The Bertz CT molecular complexity index is 252. The van der Waals surface area contributed by atoms with Crippen LogP contribution in [-0.2, 0) is 0 Å². The number of hydrogen-bond acceptors (Lipinski definition) is 4. The van der Waals surface area contributed by atoms with Gasteiger partial charge in [-0.25, -0.2) is 4.73 Å². The maximum atomic E-state index is 10.9. The molecule has 1 aromatic rings. The van der Waals surface area contributed by atoms with Crippen molar-refractivity contribution in [3.05, 3.63) is 17.0 Å². The van der Waals surface area contributed by atoms with Crippen molar-refractivity contribution in [1.29, 1.82) is 0 Å². The lowest BCUT2D eigenvalue weighted by atomic mass is 10.4. The topological polar surface area (TPSA) is 75.1 Å². The van der Waals surface area contributed by atoms with Gasteiger partial charge in [0.1, 0.15) is 0 Å². The summed E-state index contributed by atoms with van der Waals surface area (Å²) >= 11 is 0. The van der Waals surface area contributed by atoms with E-state index in [0.717, 1.165) is 0 Å². The fourth-order valence-electron chi connectivity index (χ4n) is 0.713. The van der Waals surface area contributed by atoms with E-state index in [2.05, 4.69) is 4.98 Å². The Kier molecular flexibility index (Phi) is 1.80. The zero-order valence-corrected chi connectivity index (χ0v) is 6.37. The predicted octanol–water partition coefficient (Wildman–Crippen LogP) is -0.386. The molecule has 0 bridgehead atoms. The summed E-state index contributed by atoms with van der Waals surface area (Å²) in [7, 11) is 1.47. The summed E-state index contributed by atoms with van der Waals surface area (Å²) in [5.74, 6) is 0.258. The second-order valence-electron chi connectivity index (χ2n) is 2.09. The van der Waals surface area contributed by atoms with Gasteiger partial charge >= 0.3 is 5.95 Å². The lowest BCUT2D eigenvalue weighted by Gasteiger charge is -2.08. The molecule has 0 radical (unpaired) electrons. The second-order valence-corrected chi connectivity index (χ2v) is 2.09. The average Bonchev–Trinajstić information content (AvgIpc) is 1.99. The molecule has 1 heterocycles. The Morgan fingerprint density at radius 3 is 2.82 bits per heavy atom. The number of ether oxygens (including phenoxy) is 1. The summed E-state index contributed by atoms with van der Waals surface area (Å²) in [6.07, 6.45) is 0. The Hall–Kier alpha value is -1.52. The first-order valence-electron chi connectivity index (χ1n) is 3.06. The first-order chi connectivity index (χ1) is 5.15. The maximum absolute atomic E-state index is 10.9. The molecule has 0 saturated heterocycles. The van der Waals surface area contributed by atoms with Crippen LogP contribution in [0.4, 0.5) is 5.95 Å². The maximum Gasteiger partial charge on any atom is 0.393 e. The first-order valence-corrected chi connectivity index (χ1v) is 3.06. The van der Waals surface area contributed by atoms with Crippen molar-refractivity contribution in [3.8, 4) is 5.88 Å². The largest absolute Gasteiger partial charge is 0.740 e. The molecule has 1 rings (SSSR count). The molecule has 0 aliphatic rings. The number of nitrogen functional groups attached to an aromatic ring is 1. The summed E-state index contributed by atoms with van der Waals surface area (Å²) in [5, 5.41) is 10.9. The van der Waals surface area contributed by atoms with Gasteiger partial charge < -0.3 is 9.94 Å². The highest BCUT2D eigenvalue weighted by atomic mass is 16.5. The van der Waals surface area contributed by atoms with Crippen molar-refractivity contribution in [1.82, 2.24) is 4.98 Å². The molecule has 0 amide bonds. The normalized spacial score (nSPS) is 9.64. The quantitative estimate of drug-likeness (QED) is 0.443. The van der Waals surface area contributed by atoms with Gasteiger partial charge in [0.15, 0.2) is 0 Å². The van der Waals surface area contributed by atoms with Gasteiger partial charge in [-0.15, -0.1) is 0 Å². The van der Waals surface area contributed by atoms with Gasteiger partial charge in [-0.1, -0.05) is 0 Å². The van der Waals surface area contributed by atoms with Crippen LogP contribution in [0.2, 0.25) is 0 Å². The predicted molar refractivity (Wildman–Crippen MR) is 38.9 cm³/mol. The monoisotopic (exact) mass is 155 g/mol. The summed E-state index contributed by atoms with van der Waals surface area (Å²) in [4.78, 5) is 3.66. The lowest BCUT2D eigenvalue weighted by Crippen LogP contribution is -2.35. The number of aryl methyl sites for hydroxylation is 1. The van der Waals surface area contributed by atoms with E-state index in [-0.39, 0.29) is 5.95 Å². The molecule has 11 heavy (non-hydrogen) atoms. The van der Waals surface area contributed by atoms with Crippen LogP contribution >= 0.6 is 0 Å². The highest BCUT2D eigenvalue weighted by Crippen LogP contribution is 2.06. The second kappa shape index (κ2) is 2.61. The minimum atomic E-state index is -0.0955. The average molecular weight is 155 g/mol. The van der Waals surface area contributed by atoms with Crippen molar-refractivity contribution >= 4 is 5.95 Å². The van der Waals surface area contributed by atoms with Crippen LogP contribution in [0.5, 0.6) is 5.88 Å². The van der Waals surface area contributed by atoms with Crippen LogP contribution in [0.3, 0.4) is 0 Å². The van der Waals surface area contributed by atoms with Gasteiger partial charge in [0, 0.05) is 0 Å². The van der Waals surface area contributed by atoms with Gasteiger partial charge in [0.05, 0.1) is 18.9 Å². The first kappa shape index (κ1) is 7.59. The minimum Gasteiger partial charge on any atom is -0.740 e. The Morgan fingerprint density at radius 1 is 1.73 bits per heavy atom. The molecule has 2 N–H and O–H groups in total. The fourth-order valence-corrected chi connectivity index (χ4v) is 0.713. The zero-order chi connectivity index (χ0) is 8.43. The molecular formula is C6H9N3O2. The Morgan fingerprint density at radius 2 is 2.36 bits per heavy atom. The van der Waals surface area contributed by atoms with Crippen molar-refractivity contribution in [2.75, 3.05) is 12.8 Å². The van der Waals surface area contributed by atoms with E-state index in [4.69, 9.17) is 10.5 Å². The van der Waals surface area contributed by atoms with Crippen LogP contribution < -0.4 is 15.2 Å². The summed E-state index contributed by atoms with van der Waals surface area (Å²) in [5.41, 5.74) is 5.72. The molecular weight excluding hydrogens is 146 g/mol. The van der Waals surface area contributed by atoms with Crippen molar-refractivity contribution in [3.63, 3.8) is 0 Å². The molecule has 0 fully saturated rings. The molecule has 0 saturated carbocycles. The fraction of sp³-hybridized carbons (Fsp3) is 0.333. The third kappa shape index (κ3) is 1.31. The minimum absolute atomic E-state index is 0.0955. The summed E-state index contributed by atoms with van der Waals surface area (Å²) in [6, 6.07) is 1.52. The van der Waals surface area contributed by atoms with Crippen molar-refractivity contribution < 1.29 is 9.47 Å². The number of aromatic nitrogens is 2. The standard InChI is InChI=1S/C6H9N3O2/c1-4-3-5(11-2)8-6(7)9(4)10/h3H,1-2H3,(H2,7,8). The number of nitrogens with two attached hydrogens (primary N) is 1. The van der Waals surface area contributed by atoms with Crippen LogP contribution in [0.1, 0.15) is 5.69 Å². The number of anilines is 1. The van der Waals surface area contributed by atoms with Crippen molar-refractivity contribution in [2.45, 2.75) is 6.92 Å². The Balaban J connectivity index is 3.21. The van der Waals surface area contributed by atoms with E-state index in [0.29, 0.717) is 16.3 Å². The molecule has 0 spiro atoms. The van der Waals surface area contributed by atoms with Crippen LogP contribution in [0, 0.1) is 12.1 Å². The Labute approximate surface area is 64.0 Å². The molecule has 0 aliphatic heterocycles. The van der Waals surface area contributed by atoms with Crippen LogP contribution in [0.15, 0.2) is 6.07 Å². The van der Waals surface area contributed by atoms with E-state index in [9.17, 15) is 5.21 Å². The SMILES string of the molecule is COc1cc(C)[n+]([O-])c(N)n1. The van der Waals surface area contributed by atoms with Gasteiger partial charge in [-0.05, 0) is 11.9 Å².